The van der Waals surface area contributed by atoms with Gasteiger partial charge in [0, 0.05) is 6.20 Å². The zero-order valence-electron chi connectivity index (χ0n) is 9.78. The van der Waals surface area contributed by atoms with Crippen LogP contribution < -0.4 is 9.81 Å². The Kier molecular flexibility index (Phi) is 2.80. The van der Waals surface area contributed by atoms with Crippen LogP contribution in [-0.4, -0.2) is 20.3 Å². The summed E-state index contributed by atoms with van der Waals surface area (Å²) in [4.78, 5) is 8.11. The first-order valence-electron chi connectivity index (χ1n) is 5.36. The molecule has 0 N–H and O–H groups in total. The molecule has 0 atom stereocenters. The van der Waals surface area contributed by atoms with E-state index in [1.807, 2.05) is 0 Å². The fraction of sp³-hybridized carbons (Fsp3) is 0. The van der Waals surface area contributed by atoms with Gasteiger partial charge < -0.3 is 15.0 Å². The molecule has 4 aromatic heterocycles. The van der Waals surface area contributed by atoms with Crippen LogP contribution in [0.5, 0.6) is 0 Å². The van der Waals surface area contributed by atoms with E-state index in [1.165, 1.54) is 6.20 Å². The molecule has 0 radical (unpaired) electrons. The highest BCUT2D eigenvalue weighted by atomic mass is 16.8. The summed E-state index contributed by atoms with van der Waals surface area (Å²) >= 11 is 0. The molecule has 0 aliphatic rings. The Labute approximate surface area is 109 Å². The third-order valence-corrected chi connectivity index (χ3v) is 2.32. The van der Waals surface area contributed by atoms with Gasteiger partial charge >= 0.3 is 11.3 Å². The van der Waals surface area contributed by atoms with Crippen molar-refractivity contribution >= 4 is 22.3 Å². The van der Waals surface area contributed by atoms with Crippen LogP contribution in [0.4, 0.5) is 0 Å². The van der Waals surface area contributed by atoms with Gasteiger partial charge in [0.25, 0.3) is 0 Å². The lowest BCUT2D eigenvalue weighted by atomic mass is 10.4. The Morgan fingerprint density at radius 1 is 0.900 bits per heavy atom. The van der Waals surface area contributed by atoms with Gasteiger partial charge in [-0.1, -0.05) is 4.90 Å². The van der Waals surface area contributed by atoms with Crippen molar-refractivity contribution < 1.29 is 19.1 Å². The highest BCUT2D eigenvalue weighted by molar-refractivity contribution is 5.64. The third-order valence-electron chi connectivity index (χ3n) is 2.32. The SMILES string of the molecule is [O-][n+]1onc2cccnc21.[O-][n+]1onc2ncccc21. The average Bonchev–Trinajstić information content (AvgIpc) is 3.05. The molecular formula is C10H6N6O4. The number of hydrogen-bond acceptors (Lipinski definition) is 8. The highest BCUT2D eigenvalue weighted by Crippen LogP contribution is 2.00. The molecule has 4 rings (SSSR count). The minimum atomic E-state index is 0.211. The van der Waals surface area contributed by atoms with Crippen molar-refractivity contribution in [2.75, 3.05) is 0 Å². The smallest absolute Gasteiger partial charge is 0.341 e. The predicted molar refractivity (Wildman–Crippen MR) is 61.5 cm³/mol. The van der Waals surface area contributed by atoms with E-state index in [0.717, 1.165) is 0 Å². The summed E-state index contributed by atoms with van der Waals surface area (Å²) in [6, 6.07) is 6.57. The normalized spacial score (nSPS) is 10.4. The topological polar surface area (TPSA) is 132 Å². The molecule has 0 aromatic carbocycles. The molecule has 100 valence electrons. The molecule has 10 heteroatoms. The van der Waals surface area contributed by atoms with Gasteiger partial charge in [0.15, 0.2) is 0 Å². The monoisotopic (exact) mass is 274 g/mol. The molecule has 10 nitrogen and oxygen atoms in total. The van der Waals surface area contributed by atoms with Crippen LogP contribution in [0.2, 0.25) is 0 Å². The first-order chi connectivity index (χ1) is 9.75. The van der Waals surface area contributed by atoms with Crippen molar-refractivity contribution in [2.24, 2.45) is 0 Å². The van der Waals surface area contributed by atoms with Crippen LogP contribution in [0.15, 0.2) is 45.9 Å². The van der Waals surface area contributed by atoms with E-state index in [0.29, 0.717) is 21.6 Å². The van der Waals surface area contributed by atoms with Gasteiger partial charge in [-0.3, -0.25) is 4.63 Å². The highest BCUT2D eigenvalue weighted by Gasteiger charge is 2.07. The molecule has 0 amide bonds. The largest absolute Gasteiger partial charge is 0.391 e. The average molecular weight is 274 g/mol. The molecule has 0 aliphatic heterocycles. The predicted octanol–water partition coefficient (Wildman–Crippen LogP) is -0.288. The Bertz CT molecular complexity index is 785. The first-order valence-corrected chi connectivity index (χ1v) is 5.36. The van der Waals surface area contributed by atoms with Gasteiger partial charge in [-0.15, -0.1) is 4.98 Å². The summed E-state index contributed by atoms with van der Waals surface area (Å²) in [5.74, 6) is 0. The van der Waals surface area contributed by atoms with Crippen LogP contribution in [0.3, 0.4) is 0 Å². The summed E-state index contributed by atoms with van der Waals surface area (Å²) < 4.78 is 8.53. The molecule has 0 saturated heterocycles. The molecule has 0 fully saturated rings. The lowest BCUT2D eigenvalue weighted by Crippen LogP contribution is -2.23. The maximum Gasteiger partial charge on any atom is 0.341 e. The lowest BCUT2D eigenvalue weighted by Gasteiger charge is -1.81. The van der Waals surface area contributed by atoms with Gasteiger partial charge in [-0.2, -0.15) is 0 Å². The minimum absolute atomic E-state index is 0.211. The zero-order chi connectivity index (χ0) is 13.9. The molecule has 0 unspecified atom stereocenters. The van der Waals surface area contributed by atoms with E-state index in [4.69, 9.17) is 0 Å². The zero-order valence-corrected chi connectivity index (χ0v) is 9.78. The van der Waals surface area contributed by atoms with Gasteiger partial charge in [0.2, 0.25) is 11.0 Å². The van der Waals surface area contributed by atoms with Gasteiger partial charge in [-0.05, 0) is 34.3 Å². The summed E-state index contributed by atoms with van der Waals surface area (Å²) in [6.45, 7) is 0. The molecule has 4 aromatic rings. The van der Waals surface area contributed by atoms with Crippen molar-refractivity contribution in [3.63, 3.8) is 0 Å². The van der Waals surface area contributed by atoms with Gasteiger partial charge in [0.05, 0.1) is 5.16 Å². The van der Waals surface area contributed by atoms with Crippen LogP contribution in [0.1, 0.15) is 0 Å². The number of pyridine rings is 2. The fourth-order valence-electron chi connectivity index (χ4n) is 1.44. The van der Waals surface area contributed by atoms with Crippen LogP contribution in [0.25, 0.3) is 22.3 Å². The molecule has 0 saturated carbocycles. The van der Waals surface area contributed by atoms with Crippen molar-refractivity contribution in [1.82, 2.24) is 20.3 Å². The van der Waals surface area contributed by atoms with Crippen LogP contribution in [-0.2, 0) is 0 Å². The summed E-state index contributed by atoms with van der Waals surface area (Å²) in [7, 11) is 0. The standard InChI is InChI=1S/2C5H3N3O2/c9-8-4-2-1-3-6-5(4)7-10-8;9-8-5-4(7-10-8)2-1-3-6-5/h2*1-3H. The van der Waals surface area contributed by atoms with Gasteiger partial charge in [0.1, 0.15) is 6.20 Å². The van der Waals surface area contributed by atoms with Crippen LogP contribution in [0, 0.1) is 10.4 Å². The lowest BCUT2D eigenvalue weighted by molar-refractivity contribution is -0.783. The Morgan fingerprint density at radius 3 is 2.45 bits per heavy atom. The maximum absolute atomic E-state index is 10.6. The number of rotatable bonds is 0. The Hall–Kier alpha value is -3.30. The molecule has 0 aliphatic carbocycles. The molecule has 0 bridgehead atoms. The van der Waals surface area contributed by atoms with E-state index < -0.39 is 0 Å². The van der Waals surface area contributed by atoms with Gasteiger partial charge in [-0.25, -0.2) is 4.98 Å². The van der Waals surface area contributed by atoms with E-state index in [2.05, 4.69) is 29.5 Å². The fourth-order valence-corrected chi connectivity index (χ4v) is 1.44. The van der Waals surface area contributed by atoms with Crippen molar-refractivity contribution in [2.45, 2.75) is 0 Å². The number of fused-ring (bicyclic) bond motifs is 2. The molecule has 0 spiro atoms. The Morgan fingerprint density at radius 2 is 1.65 bits per heavy atom. The van der Waals surface area contributed by atoms with Crippen molar-refractivity contribution in [3.8, 4) is 0 Å². The van der Waals surface area contributed by atoms with E-state index in [-0.39, 0.29) is 10.6 Å². The number of aromatic nitrogens is 6. The molecule has 4 heterocycles. The van der Waals surface area contributed by atoms with Crippen LogP contribution >= 0.6 is 0 Å². The van der Waals surface area contributed by atoms with E-state index >= 15 is 0 Å². The second-order valence-electron chi connectivity index (χ2n) is 3.55. The third kappa shape index (κ3) is 2.05. The minimum Gasteiger partial charge on any atom is -0.391 e. The second kappa shape index (κ2) is 4.76. The summed E-state index contributed by atoms with van der Waals surface area (Å²) in [5, 5.41) is 28.0. The Balaban J connectivity index is 0.000000121. The number of nitrogens with zero attached hydrogens (tertiary/aromatic N) is 6. The molecule has 20 heavy (non-hydrogen) atoms. The maximum atomic E-state index is 10.6. The quantitative estimate of drug-likeness (QED) is 0.399. The van der Waals surface area contributed by atoms with Crippen molar-refractivity contribution in [3.05, 3.63) is 47.1 Å². The summed E-state index contributed by atoms with van der Waals surface area (Å²) in [5.41, 5.74) is 1.36. The van der Waals surface area contributed by atoms with E-state index in [9.17, 15) is 10.4 Å². The summed E-state index contributed by atoms with van der Waals surface area (Å²) in [6.07, 6.45) is 3.05. The molecular weight excluding hydrogens is 268 g/mol. The first kappa shape index (κ1) is 11.8. The second-order valence-corrected chi connectivity index (χ2v) is 3.55. The van der Waals surface area contributed by atoms with E-state index in [1.54, 1.807) is 30.5 Å². The van der Waals surface area contributed by atoms with Crippen molar-refractivity contribution in [1.29, 1.82) is 0 Å². The number of hydrogen-bond donors (Lipinski definition) is 0.